The third-order valence-corrected chi connectivity index (χ3v) is 5.62. The number of hydrogen-bond donors (Lipinski definition) is 2. The molecule has 8 nitrogen and oxygen atoms in total. The lowest BCUT2D eigenvalue weighted by atomic mass is 10.1. The van der Waals surface area contributed by atoms with Crippen molar-refractivity contribution >= 4 is 23.4 Å². The van der Waals surface area contributed by atoms with E-state index in [-0.39, 0.29) is 24.3 Å². The van der Waals surface area contributed by atoms with Gasteiger partial charge in [0.05, 0.1) is 19.4 Å². The minimum Gasteiger partial charge on any atom is -0.468 e. The molecule has 35 heavy (non-hydrogen) atoms. The Balaban J connectivity index is 1.69. The molecule has 1 heterocycles. The molecule has 0 fully saturated rings. The number of carbonyl (C=O) groups is 3. The summed E-state index contributed by atoms with van der Waals surface area (Å²) in [5.41, 5.74) is 2.64. The van der Waals surface area contributed by atoms with Gasteiger partial charge in [-0.1, -0.05) is 18.2 Å². The van der Waals surface area contributed by atoms with Crippen LogP contribution in [0.15, 0.2) is 71.3 Å². The van der Waals surface area contributed by atoms with E-state index in [2.05, 4.69) is 10.6 Å². The molecule has 0 aliphatic carbocycles. The summed E-state index contributed by atoms with van der Waals surface area (Å²) in [6, 6.07) is 17.9. The van der Waals surface area contributed by atoms with Gasteiger partial charge in [-0.2, -0.15) is 0 Å². The van der Waals surface area contributed by atoms with Crippen LogP contribution in [0.25, 0.3) is 0 Å². The van der Waals surface area contributed by atoms with Gasteiger partial charge in [-0.3, -0.25) is 19.3 Å². The maximum Gasteiger partial charge on any atom is 0.253 e. The molecule has 0 saturated heterocycles. The van der Waals surface area contributed by atoms with E-state index in [0.29, 0.717) is 43.0 Å². The van der Waals surface area contributed by atoms with E-state index in [1.165, 1.54) is 0 Å². The SMILES string of the molecule is CCN(CC)C(=O)c1cccc(NC(=O)CN(Cc2ccc(C(=O)NC)cc2)Cc2ccco2)c1. The first-order chi connectivity index (χ1) is 16.9. The molecule has 3 amide bonds. The van der Waals surface area contributed by atoms with Crippen LogP contribution in [0.4, 0.5) is 5.69 Å². The van der Waals surface area contributed by atoms with Crippen molar-refractivity contribution in [1.82, 2.24) is 15.1 Å². The standard InChI is InChI=1S/C27H32N4O4/c1-4-31(5-2)27(34)22-8-6-9-23(16-22)29-25(32)19-30(18-24-10-7-15-35-24)17-20-11-13-21(14-12-20)26(33)28-3/h6-16H,4-5,17-19H2,1-3H3,(H,28,33)(H,29,32). The van der Waals surface area contributed by atoms with E-state index in [0.717, 1.165) is 11.3 Å². The number of furan rings is 1. The number of anilines is 1. The highest BCUT2D eigenvalue weighted by molar-refractivity contribution is 5.97. The summed E-state index contributed by atoms with van der Waals surface area (Å²) < 4.78 is 5.48. The van der Waals surface area contributed by atoms with Crippen LogP contribution in [0.3, 0.4) is 0 Å². The van der Waals surface area contributed by atoms with Crippen LogP contribution in [0.2, 0.25) is 0 Å². The molecule has 0 bridgehead atoms. The lowest BCUT2D eigenvalue weighted by Gasteiger charge is -2.21. The molecule has 184 valence electrons. The summed E-state index contributed by atoms with van der Waals surface area (Å²) in [6.45, 7) is 6.17. The highest BCUT2D eigenvalue weighted by atomic mass is 16.3. The summed E-state index contributed by atoms with van der Waals surface area (Å²) in [5.74, 6) is 0.327. The van der Waals surface area contributed by atoms with E-state index >= 15 is 0 Å². The van der Waals surface area contributed by atoms with Crippen molar-refractivity contribution in [3.63, 3.8) is 0 Å². The summed E-state index contributed by atoms with van der Waals surface area (Å²) in [4.78, 5) is 41.1. The number of benzene rings is 2. The summed E-state index contributed by atoms with van der Waals surface area (Å²) in [5, 5.41) is 5.51. The van der Waals surface area contributed by atoms with Crippen molar-refractivity contribution in [1.29, 1.82) is 0 Å². The van der Waals surface area contributed by atoms with Crippen LogP contribution in [0.1, 0.15) is 45.9 Å². The first-order valence-corrected chi connectivity index (χ1v) is 11.7. The van der Waals surface area contributed by atoms with Gasteiger partial charge in [-0.05, 0) is 61.9 Å². The molecule has 8 heteroatoms. The Hall–Kier alpha value is -3.91. The fourth-order valence-corrected chi connectivity index (χ4v) is 3.78. The van der Waals surface area contributed by atoms with Gasteiger partial charge in [0.15, 0.2) is 0 Å². The minimum atomic E-state index is -0.203. The predicted molar refractivity (Wildman–Crippen MR) is 135 cm³/mol. The van der Waals surface area contributed by atoms with Crippen LogP contribution < -0.4 is 10.6 Å². The van der Waals surface area contributed by atoms with Gasteiger partial charge in [-0.15, -0.1) is 0 Å². The Bertz CT molecular complexity index is 1120. The van der Waals surface area contributed by atoms with Crippen LogP contribution in [0.5, 0.6) is 0 Å². The van der Waals surface area contributed by atoms with Crippen LogP contribution in [-0.2, 0) is 17.9 Å². The zero-order valence-corrected chi connectivity index (χ0v) is 20.4. The average Bonchev–Trinajstić information content (AvgIpc) is 3.37. The van der Waals surface area contributed by atoms with Crippen molar-refractivity contribution in [2.75, 3.05) is 32.0 Å². The van der Waals surface area contributed by atoms with Crippen LogP contribution in [0, 0.1) is 0 Å². The van der Waals surface area contributed by atoms with Gasteiger partial charge < -0.3 is 20.0 Å². The molecule has 1 aromatic heterocycles. The Kier molecular flexibility index (Phi) is 9.20. The number of nitrogens with zero attached hydrogens (tertiary/aromatic N) is 2. The fourth-order valence-electron chi connectivity index (χ4n) is 3.78. The highest BCUT2D eigenvalue weighted by Crippen LogP contribution is 2.15. The molecule has 0 spiro atoms. The number of carbonyl (C=O) groups excluding carboxylic acids is 3. The lowest BCUT2D eigenvalue weighted by Crippen LogP contribution is -2.33. The molecule has 0 atom stereocenters. The Labute approximate surface area is 205 Å². The van der Waals surface area contributed by atoms with Gasteiger partial charge in [0, 0.05) is 43.5 Å². The van der Waals surface area contributed by atoms with Crippen LogP contribution in [-0.4, -0.2) is 54.2 Å². The maximum absolute atomic E-state index is 12.9. The van der Waals surface area contributed by atoms with Crippen molar-refractivity contribution in [3.05, 3.63) is 89.4 Å². The second-order valence-electron chi connectivity index (χ2n) is 8.11. The third kappa shape index (κ3) is 7.28. The predicted octanol–water partition coefficient (Wildman–Crippen LogP) is 3.76. The Morgan fingerprint density at radius 3 is 2.26 bits per heavy atom. The molecule has 0 unspecified atom stereocenters. The fraction of sp³-hybridized carbons (Fsp3) is 0.296. The number of hydrogen-bond acceptors (Lipinski definition) is 5. The topological polar surface area (TPSA) is 94.9 Å². The molecule has 0 aliphatic rings. The molecule has 0 aliphatic heterocycles. The van der Waals surface area contributed by atoms with E-state index in [4.69, 9.17) is 4.42 Å². The van der Waals surface area contributed by atoms with Gasteiger partial charge in [0.2, 0.25) is 5.91 Å². The lowest BCUT2D eigenvalue weighted by molar-refractivity contribution is -0.117. The zero-order valence-electron chi connectivity index (χ0n) is 20.4. The van der Waals surface area contributed by atoms with Crippen molar-refractivity contribution < 1.29 is 18.8 Å². The molecular weight excluding hydrogens is 444 g/mol. The minimum absolute atomic E-state index is 0.0641. The molecular formula is C27H32N4O4. The second kappa shape index (κ2) is 12.5. The largest absolute Gasteiger partial charge is 0.468 e. The highest BCUT2D eigenvalue weighted by Gasteiger charge is 2.16. The quantitative estimate of drug-likeness (QED) is 0.439. The molecule has 2 aromatic carbocycles. The smallest absolute Gasteiger partial charge is 0.253 e. The van der Waals surface area contributed by atoms with Gasteiger partial charge in [-0.25, -0.2) is 0 Å². The maximum atomic E-state index is 12.9. The molecule has 0 saturated carbocycles. The van der Waals surface area contributed by atoms with E-state index in [1.807, 2.05) is 43.0 Å². The van der Waals surface area contributed by atoms with Gasteiger partial charge in [0.1, 0.15) is 5.76 Å². The Morgan fingerprint density at radius 1 is 0.886 bits per heavy atom. The summed E-state index contributed by atoms with van der Waals surface area (Å²) in [7, 11) is 1.59. The Morgan fingerprint density at radius 2 is 1.63 bits per heavy atom. The number of amides is 3. The number of nitrogens with one attached hydrogen (secondary N) is 2. The summed E-state index contributed by atoms with van der Waals surface area (Å²) in [6.07, 6.45) is 1.60. The first-order valence-electron chi connectivity index (χ1n) is 11.7. The van der Waals surface area contributed by atoms with Crippen molar-refractivity contribution in [2.45, 2.75) is 26.9 Å². The normalized spacial score (nSPS) is 10.7. The third-order valence-electron chi connectivity index (χ3n) is 5.62. The molecule has 3 aromatic rings. The van der Waals surface area contributed by atoms with Gasteiger partial charge in [0.25, 0.3) is 11.8 Å². The van der Waals surface area contributed by atoms with E-state index in [1.54, 1.807) is 54.6 Å². The second-order valence-corrected chi connectivity index (χ2v) is 8.11. The van der Waals surface area contributed by atoms with Crippen molar-refractivity contribution in [2.24, 2.45) is 0 Å². The molecule has 0 radical (unpaired) electrons. The van der Waals surface area contributed by atoms with E-state index < -0.39 is 0 Å². The monoisotopic (exact) mass is 476 g/mol. The zero-order chi connectivity index (χ0) is 25.2. The molecule has 3 rings (SSSR count). The van der Waals surface area contributed by atoms with Crippen LogP contribution >= 0.6 is 0 Å². The average molecular weight is 477 g/mol. The number of rotatable bonds is 11. The van der Waals surface area contributed by atoms with Gasteiger partial charge >= 0.3 is 0 Å². The van der Waals surface area contributed by atoms with E-state index in [9.17, 15) is 14.4 Å². The first kappa shape index (κ1) is 25.7. The van der Waals surface area contributed by atoms with Crippen molar-refractivity contribution in [3.8, 4) is 0 Å². The molecule has 2 N–H and O–H groups in total. The summed E-state index contributed by atoms with van der Waals surface area (Å²) >= 11 is 0.